The van der Waals surface area contributed by atoms with Crippen LogP contribution in [0.4, 0.5) is 0 Å². The van der Waals surface area contributed by atoms with Gasteiger partial charge in [0.15, 0.2) is 0 Å². The number of nitrogens with two attached hydrogens (primary N) is 1. The number of benzene rings is 2. The highest BCUT2D eigenvalue weighted by Crippen LogP contribution is 2.27. The van der Waals surface area contributed by atoms with Gasteiger partial charge >= 0.3 is 0 Å². The third kappa shape index (κ3) is 2.64. The summed E-state index contributed by atoms with van der Waals surface area (Å²) in [6.45, 7) is 0.551. The van der Waals surface area contributed by atoms with E-state index in [0.29, 0.717) is 6.54 Å². The SMILES string of the molecule is NCc1cccc(-c2cc(Cl)cc(Br)c2)c1. The van der Waals surface area contributed by atoms with Crippen molar-refractivity contribution in [1.82, 2.24) is 0 Å². The van der Waals surface area contributed by atoms with Crippen molar-refractivity contribution in [3.05, 3.63) is 57.5 Å². The van der Waals surface area contributed by atoms with E-state index >= 15 is 0 Å². The summed E-state index contributed by atoms with van der Waals surface area (Å²) in [5.41, 5.74) is 8.96. The van der Waals surface area contributed by atoms with Gasteiger partial charge in [-0.1, -0.05) is 45.7 Å². The first-order chi connectivity index (χ1) is 7.69. The molecule has 2 aromatic carbocycles. The first-order valence-corrected chi connectivity index (χ1v) is 6.11. The zero-order chi connectivity index (χ0) is 11.5. The molecule has 3 heteroatoms. The van der Waals surface area contributed by atoms with Crippen LogP contribution in [0.3, 0.4) is 0 Å². The quantitative estimate of drug-likeness (QED) is 0.882. The van der Waals surface area contributed by atoms with Crippen LogP contribution >= 0.6 is 27.5 Å². The molecule has 0 saturated carbocycles. The van der Waals surface area contributed by atoms with E-state index in [4.69, 9.17) is 17.3 Å². The molecule has 0 spiro atoms. The molecular weight excluding hydrogens is 286 g/mol. The second-order valence-electron chi connectivity index (χ2n) is 3.56. The van der Waals surface area contributed by atoms with E-state index in [2.05, 4.69) is 28.1 Å². The highest BCUT2D eigenvalue weighted by molar-refractivity contribution is 9.10. The molecule has 2 N–H and O–H groups in total. The van der Waals surface area contributed by atoms with Crippen LogP contribution in [-0.2, 0) is 6.54 Å². The average Bonchev–Trinajstić information content (AvgIpc) is 2.28. The molecular formula is C13H11BrClN. The summed E-state index contributed by atoms with van der Waals surface area (Å²) in [4.78, 5) is 0. The number of halogens is 2. The molecule has 0 amide bonds. The molecule has 82 valence electrons. The molecule has 16 heavy (non-hydrogen) atoms. The summed E-state index contributed by atoms with van der Waals surface area (Å²) in [5, 5.41) is 0.725. The highest BCUT2D eigenvalue weighted by atomic mass is 79.9. The zero-order valence-corrected chi connectivity index (χ0v) is 10.9. The molecule has 0 heterocycles. The second-order valence-corrected chi connectivity index (χ2v) is 4.91. The molecule has 0 radical (unpaired) electrons. The molecule has 0 bridgehead atoms. The van der Waals surface area contributed by atoms with Gasteiger partial charge in [0.25, 0.3) is 0 Å². The van der Waals surface area contributed by atoms with Gasteiger partial charge in [0.05, 0.1) is 0 Å². The molecule has 0 atom stereocenters. The maximum absolute atomic E-state index is 6.02. The third-order valence-corrected chi connectivity index (χ3v) is 3.03. The van der Waals surface area contributed by atoms with Crippen LogP contribution in [0.5, 0.6) is 0 Å². The first-order valence-electron chi connectivity index (χ1n) is 4.94. The van der Waals surface area contributed by atoms with Gasteiger partial charge < -0.3 is 5.73 Å². The third-order valence-electron chi connectivity index (χ3n) is 2.36. The van der Waals surface area contributed by atoms with Crippen molar-refractivity contribution in [2.24, 2.45) is 5.73 Å². The fourth-order valence-corrected chi connectivity index (χ4v) is 2.46. The fourth-order valence-electron chi connectivity index (χ4n) is 1.60. The normalized spacial score (nSPS) is 10.4. The lowest BCUT2D eigenvalue weighted by Crippen LogP contribution is -1.95. The van der Waals surface area contributed by atoms with Crippen molar-refractivity contribution < 1.29 is 0 Å². The van der Waals surface area contributed by atoms with Gasteiger partial charge in [0.1, 0.15) is 0 Å². The van der Waals surface area contributed by atoms with Crippen molar-refractivity contribution in [2.45, 2.75) is 6.54 Å². The lowest BCUT2D eigenvalue weighted by Gasteiger charge is -2.05. The van der Waals surface area contributed by atoms with E-state index < -0.39 is 0 Å². The van der Waals surface area contributed by atoms with Crippen LogP contribution in [0.15, 0.2) is 46.9 Å². The van der Waals surface area contributed by atoms with E-state index in [1.54, 1.807) is 0 Å². The number of rotatable bonds is 2. The molecule has 0 fully saturated rings. The Bertz CT molecular complexity index is 491. The minimum Gasteiger partial charge on any atom is -0.326 e. The summed E-state index contributed by atoms with van der Waals surface area (Å²) in [6.07, 6.45) is 0. The molecule has 0 aliphatic rings. The lowest BCUT2D eigenvalue weighted by atomic mass is 10.0. The van der Waals surface area contributed by atoms with Gasteiger partial charge in [-0.15, -0.1) is 0 Å². The van der Waals surface area contributed by atoms with E-state index in [1.807, 2.05) is 30.3 Å². The summed E-state index contributed by atoms with van der Waals surface area (Å²) in [7, 11) is 0. The Hall–Kier alpha value is -0.830. The van der Waals surface area contributed by atoms with E-state index in [0.717, 1.165) is 26.2 Å². The van der Waals surface area contributed by atoms with Gasteiger partial charge in [-0.25, -0.2) is 0 Å². The van der Waals surface area contributed by atoms with Gasteiger partial charge in [-0.2, -0.15) is 0 Å². The second kappa shape index (κ2) is 5.00. The zero-order valence-electron chi connectivity index (χ0n) is 8.58. The molecule has 0 aromatic heterocycles. The topological polar surface area (TPSA) is 26.0 Å². The molecule has 2 aromatic rings. The molecule has 2 rings (SSSR count). The molecule has 0 aliphatic heterocycles. The van der Waals surface area contributed by atoms with Gasteiger partial charge in [-0.05, 0) is 41.0 Å². The Morgan fingerprint density at radius 3 is 2.56 bits per heavy atom. The smallest absolute Gasteiger partial charge is 0.0423 e. The minimum absolute atomic E-state index is 0.551. The Kier molecular flexibility index (Phi) is 3.64. The van der Waals surface area contributed by atoms with E-state index in [1.165, 1.54) is 0 Å². The fraction of sp³-hybridized carbons (Fsp3) is 0.0769. The largest absolute Gasteiger partial charge is 0.326 e. The van der Waals surface area contributed by atoms with Crippen LogP contribution in [0, 0.1) is 0 Å². The lowest BCUT2D eigenvalue weighted by molar-refractivity contribution is 1.07. The van der Waals surface area contributed by atoms with Crippen molar-refractivity contribution >= 4 is 27.5 Å². The average molecular weight is 297 g/mol. The van der Waals surface area contributed by atoms with Crippen LogP contribution in [0.2, 0.25) is 5.02 Å². The first kappa shape index (κ1) is 11.6. The van der Waals surface area contributed by atoms with Crippen LogP contribution < -0.4 is 5.73 Å². The van der Waals surface area contributed by atoms with E-state index in [9.17, 15) is 0 Å². The van der Waals surface area contributed by atoms with Crippen LogP contribution in [-0.4, -0.2) is 0 Å². The number of hydrogen-bond donors (Lipinski definition) is 1. The standard InChI is InChI=1S/C13H11BrClN/c14-12-5-11(6-13(15)7-12)10-3-1-2-9(4-10)8-16/h1-7H,8,16H2. The van der Waals surface area contributed by atoms with Gasteiger partial charge in [0, 0.05) is 16.0 Å². The van der Waals surface area contributed by atoms with Crippen LogP contribution in [0.1, 0.15) is 5.56 Å². The maximum atomic E-state index is 6.02. The predicted octanol–water partition coefficient (Wildman–Crippen LogP) is 4.23. The molecule has 0 saturated heterocycles. The Morgan fingerprint density at radius 2 is 1.88 bits per heavy atom. The maximum Gasteiger partial charge on any atom is 0.0423 e. The summed E-state index contributed by atoms with van der Waals surface area (Å²) >= 11 is 9.46. The van der Waals surface area contributed by atoms with Gasteiger partial charge in [0.2, 0.25) is 0 Å². The van der Waals surface area contributed by atoms with E-state index in [-0.39, 0.29) is 0 Å². The molecule has 0 unspecified atom stereocenters. The number of hydrogen-bond acceptors (Lipinski definition) is 1. The molecule has 1 nitrogen and oxygen atoms in total. The van der Waals surface area contributed by atoms with Crippen molar-refractivity contribution in [3.8, 4) is 11.1 Å². The Balaban J connectivity index is 2.49. The Morgan fingerprint density at radius 1 is 1.06 bits per heavy atom. The predicted molar refractivity (Wildman–Crippen MR) is 72.5 cm³/mol. The molecule has 0 aliphatic carbocycles. The van der Waals surface area contributed by atoms with Crippen molar-refractivity contribution in [1.29, 1.82) is 0 Å². The minimum atomic E-state index is 0.551. The van der Waals surface area contributed by atoms with Gasteiger partial charge in [-0.3, -0.25) is 0 Å². The summed E-state index contributed by atoms with van der Waals surface area (Å²) in [5.74, 6) is 0. The Labute approximate surface area is 108 Å². The van der Waals surface area contributed by atoms with Crippen molar-refractivity contribution in [2.75, 3.05) is 0 Å². The summed E-state index contributed by atoms with van der Waals surface area (Å²) < 4.78 is 0.980. The highest BCUT2D eigenvalue weighted by Gasteiger charge is 2.01. The van der Waals surface area contributed by atoms with Crippen LogP contribution in [0.25, 0.3) is 11.1 Å². The van der Waals surface area contributed by atoms with Crippen molar-refractivity contribution in [3.63, 3.8) is 0 Å². The summed E-state index contributed by atoms with van der Waals surface area (Å²) in [6, 6.07) is 14.0. The monoisotopic (exact) mass is 295 g/mol.